The highest BCUT2D eigenvalue weighted by atomic mass is 16.5. The molecule has 0 heterocycles. The Hall–Kier alpha value is -0.610. The van der Waals surface area contributed by atoms with Crippen molar-refractivity contribution in [2.75, 3.05) is 20.3 Å². The highest BCUT2D eigenvalue weighted by molar-refractivity contribution is 5.79. The van der Waals surface area contributed by atoms with E-state index in [0.717, 1.165) is 45.1 Å². The standard InChI is InChI=1S/C15H29NO3/c1-4-12(5-2)11-19-10-8-13-7-6-9-15(13,16-3)14(17)18/h12-13,16H,4-11H2,1-3H3,(H,17,18). The Balaban J connectivity index is 2.38. The van der Waals surface area contributed by atoms with Crippen LogP contribution in [0.25, 0.3) is 0 Å². The molecular weight excluding hydrogens is 242 g/mol. The van der Waals surface area contributed by atoms with Crippen molar-refractivity contribution >= 4 is 5.97 Å². The second-order valence-corrected chi connectivity index (χ2v) is 5.66. The van der Waals surface area contributed by atoms with E-state index in [0.29, 0.717) is 12.5 Å². The maximum atomic E-state index is 11.5. The molecule has 4 nitrogen and oxygen atoms in total. The Bertz CT molecular complexity index is 279. The third-order valence-electron chi connectivity index (χ3n) is 4.77. The van der Waals surface area contributed by atoms with Gasteiger partial charge in [-0.2, -0.15) is 0 Å². The van der Waals surface area contributed by atoms with Crippen LogP contribution in [0.5, 0.6) is 0 Å². The summed E-state index contributed by atoms with van der Waals surface area (Å²) in [4.78, 5) is 11.5. The van der Waals surface area contributed by atoms with Crippen molar-refractivity contribution in [2.24, 2.45) is 11.8 Å². The minimum atomic E-state index is -0.724. The molecule has 1 aliphatic rings. The lowest BCUT2D eigenvalue weighted by atomic mass is 9.85. The van der Waals surface area contributed by atoms with Crippen LogP contribution >= 0.6 is 0 Å². The molecule has 0 spiro atoms. The normalized spacial score (nSPS) is 27.1. The zero-order chi connectivity index (χ0) is 14.3. The first-order valence-corrected chi connectivity index (χ1v) is 7.60. The van der Waals surface area contributed by atoms with Crippen molar-refractivity contribution < 1.29 is 14.6 Å². The molecule has 0 aromatic heterocycles. The molecule has 0 saturated heterocycles. The van der Waals surface area contributed by atoms with Gasteiger partial charge in [-0.25, -0.2) is 0 Å². The van der Waals surface area contributed by atoms with Crippen molar-refractivity contribution in [3.8, 4) is 0 Å². The van der Waals surface area contributed by atoms with Gasteiger partial charge in [0.05, 0.1) is 0 Å². The van der Waals surface area contributed by atoms with E-state index < -0.39 is 11.5 Å². The quantitative estimate of drug-likeness (QED) is 0.633. The molecular formula is C15H29NO3. The lowest BCUT2D eigenvalue weighted by Crippen LogP contribution is -2.53. The summed E-state index contributed by atoms with van der Waals surface area (Å²) in [5, 5.41) is 12.5. The van der Waals surface area contributed by atoms with Crippen molar-refractivity contribution in [1.82, 2.24) is 5.32 Å². The summed E-state index contributed by atoms with van der Waals surface area (Å²) in [5.41, 5.74) is -0.724. The summed E-state index contributed by atoms with van der Waals surface area (Å²) in [7, 11) is 1.76. The number of rotatable bonds is 9. The van der Waals surface area contributed by atoms with Crippen LogP contribution in [0.3, 0.4) is 0 Å². The van der Waals surface area contributed by atoms with E-state index in [2.05, 4.69) is 19.2 Å². The second kappa shape index (κ2) is 7.85. The molecule has 0 aliphatic heterocycles. The fourth-order valence-corrected chi connectivity index (χ4v) is 3.19. The largest absolute Gasteiger partial charge is 0.480 e. The SMILES string of the molecule is CCC(CC)COCCC1CCCC1(NC)C(=O)O. The molecule has 2 atom stereocenters. The zero-order valence-electron chi connectivity index (χ0n) is 12.6. The summed E-state index contributed by atoms with van der Waals surface area (Å²) < 4.78 is 5.74. The number of likely N-dealkylation sites (N-methyl/N-ethyl adjacent to an activating group) is 1. The van der Waals surface area contributed by atoms with E-state index in [1.165, 1.54) is 0 Å². The number of nitrogens with one attached hydrogen (secondary N) is 1. The second-order valence-electron chi connectivity index (χ2n) is 5.66. The topological polar surface area (TPSA) is 58.6 Å². The Labute approximate surface area is 116 Å². The number of carboxylic acids is 1. The van der Waals surface area contributed by atoms with Crippen LogP contribution in [-0.2, 0) is 9.53 Å². The average Bonchev–Trinajstić information content (AvgIpc) is 2.83. The molecule has 0 amide bonds. The smallest absolute Gasteiger partial charge is 0.324 e. The van der Waals surface area contributed by atoms with Gasteiger partial charge in [0.1, 0.15) is 5.54 Å². The predicted molar refractivity (Wildman–Crippen MR) is 76.3 cm³/mol. The Morgan fingerprint density at radius 3 is 2.68 bits per heavy atom. The number of hydrogen-bond acceptors (Lipinski definition) is 3. The lowest BCUT2D eigenvalue weighted by Gasteiger charge is -2.31. The fraction of sp³-hybridized carbons (Fsp3) is 0.933. The Kier molecular flexibility index (Phi) is 6.80. The first kappa shape index (κ1) is 16.4. The molecule has 0 aromatic rings. The third kappa shape index (κ3) is 3.93. The molecule has 2 N–H and O–H groups in total. The number of hydrogen-bond donors (Lipinski definition) is 2. The van der Waals surface area contributed by atoms with Crippen molar-refractivity contribution in [3.63, 3.8) is 0 Å². The molecule has 1 saturated carbocycles. The molecule has 0 aromatic carbocycles. The molecule has 2 unspecified atom stereocenters. The maximum absolute atomic E-state index is 11.5. The van der Waals surface area contributed by atoms with Gasteiger partial charge in [-0.15, -0.1) is 0 Å². The van der Waals surface area contributed by atoms with E-state index in [4.69, 9.17) is 4.74 Å². The van der Waals surface area contributed by atoms with Gasteiger partial charge in [0.15, 0.2) is 0 Å². The van der Waals surface area contributed by atoms with Crippen LogP contribution in [0.15, 0.2) is 0 Å². The van der Waals surface area contributed by atoms with Gasteiger partial charge in [-0.1, -0.05) is 33.1 Å². The van der Waals surface area contributed by atoms with Crippen LogP contribution in [-0.4, -0.2) is 36.9 Å². The van der Waals surface area contributed by atoms with E-state index in [1.54, 1.807) is 7.05 Å². The third-order valence-corrected chi connectivity index (χ3v) is 4.77. The van der Waals surface area contributed by atoms with Gasteiger partial charge < -0.3 is 15.2 Å². The van der Waals surface area contributed by atoms with E-state index in [-0.39, 0.29) is 5.92 Å². The minimum Gasteiger partial charge on any atom is -0.480 e. The molecule has 1 rings (SSSR count). The van der Waals surface area contributed by atoms with Crippen LogP contribution in [0.2, 0.25) is 0 Å². The van der Waals surface area contributed by atoms with E-state index in [9.17, 15) is 9.90 Å². The lowest BCUT2D eigenvalue weighted by molar-refractivity contribution is -0.146. The number of carbonyl (C=O) groups is 1. The maximum Gasteiger partial charge on any atom is 0.324 e. The van der Waals surface area contributed by atoms with Gasteiger partial charge in [0.2, 0.25) is 0 Å². The van der Waals surface area contributed by atoms with E-state index >= 15 is 0 Å². The molecule has 1 aliphatic carbocycles. The summed E-state index contributed by atoms with van der Waals surface area (Å²) in [6.07, 6.45) is 5.85. The fourth-order valence-electron chi connectivity index (χ4n) is 3.19. The Morgan fingerprint density at radius 1 is 1.47 bits per heavy atom. The van der Waals surface area contributed by atoms with E-state index in [1.807, 2.05) is 0 Å². The van der Waals surface area contributed by atoms with Crippen molar-refractivity contribution in [3.05, 3.63) is 0 Å². The molecule has 1 fully saturated rings. The zero-order valence-corrected chi connectivity index (χ0v) is 12.6. The summed E-state index contributed by atoms with van der Waals surface area (Å²) in [5.74, 6) is 0.117. The van der Waals surface area contributed by atoms with Gasteiger partial charge in [0.25, 0.3) is 0 Å². The minimum absolute atomic E-state index is 0.191. The molecule has 0 bridgehead atoms. The number of ether oxygens (including phenoxy) is 1. The summed E-state index contributed by atoms with van der Waals surface area (Å²) in [6, 6.07) is 0. The van der Waals surface area contributed by atoms with Gasteiger partial charge in [-0.3, -0.25) is 4.79 Å². The van der Waals surface area contributed by atoms with Gasteiger partial charge >= 0.3 is 5.97 Å². The summed E-state index contributed by atoms with van der Waals surface area (Å²) >= 11 is 0. The van der Waals surface area contributed by atoms with Gasteiger partial charge in [-0.05, 0) is 38.1 Å². The molecule has 0 radical (unpaired) electrons. The molecule has 19 heavy (non-hydrogen) atoms. The number of carboxylic acid groups (broad SMARTS) is 1. The molecule has 112 valence electrons. The van der Waals surface area contributed by atoms with Crippen LogP contribution < -0.4 is 5.32 Å². The van der Waals surface area contributed by atoms with Crippen molar-refractivity contribution in [2.45, 2.75) is 57.9 Å². The van der Waals surface area contributed by atoms with Crippen LogP contribution in [0, 0.1) is 11.8 Å². The Morgan fingerprint density at radius 2 is 2.16 bits per heavy atom. The highest BCUT2D eigenvalue weighted by Crippen LogP contribution is 2.38. The van der Waals surface area contributed by atoms with Crippen molar-refractivity contribution in [1.29, 1.82) is 0 Å². The predicted octanol–water partition coefficient (Wildman–Crippen LogP) is 2.67. The average molecular weight is 271 g/mol. The molecule has 4 heteroatoms. The summed E-state index contributed by atoms with van der Waals surface area (Å²) in [6.45, 7) is 5.85. The first-order valence-electron chi connectivity index (χ1n) is 7.60. The van der Waals surface area contributed by atoms with Gasteiger partial charge in [0, 0.05) is 13.2 Å². The first-order chi connectivity index (χ1) is 9.10. The highest BCUT2D eigenvalue weighted by Gasteiger charge is 2.47. The number of aliphatic carboxylic acids is 1. The monoisotopic (exact) mass is 271 g/mol. The van der Waals surface area contributed by atoms with Crippen LogP contribution in [0.4, 0.5) is 0 Å². The van der Waals surface area contributed by atoms with Crippen LogP contribution in [0.1, 0.15) is 52.4 Å².